The number of aromatic nitrogens is 4. The van der Waals surface area contributed by atoms with Crippen LogP contribution in [0.4, 0.5) is 0 Å². The summed E-state index contributed by atoms with van der Waals surface area (Å²) in [7, 11) is 0. The number of hydrogen-bond donors (Lipinski definition) is 0. The smallest absolute Gasteiger partial charge is 0.266 e. The third-order valence-electron chi connectivity index (χ3n) is 5.93. The van der Waals surface area contributed by atoms with Crippen LogP contribution in [0.2, 0.25) is 0 Å². The Morgan fingerprint density at radius 1 is 0.963 bits per heavy atom. The summed E-state index contributed by atoms with van der Waals surface area (Å²) in [6.07, 6.45) is 10.7. The van der Waals surface area contributed by atoms with E-state index >= 15 is 0 Å². The van der Waals surface area contributed by atoms with Crippen LogP contribution in [-0.2, 0) is 6.54 Å². The molecular weight excluding hydrogens is 340 g/mol. The largest absolute Gasteiger partial charge is 0.301 e. The van der Waals surface area contributed by atoms with E-state index in [1.54, 1.807) is 27.7 Å². The average Bonchev–Trinajstić information content (AvgIpc) is 3.24. The predicted molar refractivity (Wildman–Crippen MR) is 105 cm³/mol. The Balaban J connectivity index is 1.26. The lowest BCUT2D eigenvalue weighted by molar-refractivity contribution is 0.106. The molecule has 2 aromatic rings. The number of rotatable bonds is 6. The molecule has 0 unspecified atom stereocenters. The van der Waals surface area contributed by atoms with E-state index in [4.69, 9.17) is 0 Å². The molecule has 1 saturated carbocycles. The van der Waals surface area contributed by atoms with Gasteiger partial charge in [-0.05, 0) is 30.9 Å². The fraction of sp³-hybridized carbons (Fsp3) is 0.650. The Morgan fingerprint density at radius 3 is 2.48 bits per heavy atom. The van der Waals surface area contributed by atoms with Crippen molar-refractivity contribution in [3.05, 3.63) is 40.9 Å². The van der Waals surface area contributed by atoms with Gasteiger partial charge in [-0.2, -0.15) is 5.10 Å². The van der Waals surface area contributed by atoms with Crippen LogP contribution in [0.25, 0.3) is 5.82 Å². The summed E-state index contributed by atoms with van der Waals surface area (Å²) in [4.78, 5) is 17.2. The summed E-state index contributed by atoms with van der Waals surface area (Å²) < 4.78 is 3.24. The van der Waals surface area contributed by atoms with Crippen LogP contribution < -0.4 is 5.56 Å². The van der Waals surface area contributed by atoms with Gasteiger partial charge >= 0.3 is 0 Å². The van der Waals surface area contributed by atoms with E-state index in [1.807, 2.05) is 12.3 Å². The quantitative estimate of drug-likeness (QED) is 0.773. The van der Waals surface area contributed by atoms with Crippen molar-refractivity contribution in [2.24, 2.45) is 5.92 Å². The molecule has 2 aliphatic rings. The maximum Gasteiger partial charge on any atom is 0.266 e. The van der Waals surface area contributed by atoms with E-state index in [9.17, 15) is 4.79 Å². The van der Waals surface area contributed by atoms with Crippen molar-refractivity contribution in [2.45, 2.75) is 38.6 Å². The van der Waals surface area contributed by atoms with Crippen molar-refractivity contribution in [3.8, 4) is 5.82 Å². The Hall–Kier alpha value is -1.99. The van der Waals surface area contributed by atoms with E-state index in [2.05, 4.69) is 20.0 Å². The van der Waals surface area contributed by atoms with Gasteiger partial charge in [0.25, 0.3) is 5.56 Å². The number of piperazine rings is 1. The molecule has 7 heteroatoms. The molecule has 0 amide bonds. The van der Waals surface area contributed by atoms with Gasteiger partial charge in [-0.25, -0.2) is 9.36 Å². The molecule has 0 spiro atoms. The van der Waals surface area contributed by atoms with Gasteiger partial charge in [-0.1, -0.05) is 19.3 Å². The highest BCUT2D eigenvalue weighted by molar-refractivity contribution is 5.17. The van der Waals surface area contributed by atoms with Gasteiger partial charge in [0.15, 0.2) is 5.82 Å². The minimum Gasteiger partial charge on any atom is -0.301 e. The molecule has 2 aromatic heterocycles. The summed E-state index contributed by atoms with van der Waals surface area (Å²) in [6, 6.07) is 5.14. The van der Waals surface area contributed by atoms with Crippen molar-refractivity contribution in [1.29, 1.82) is 0 Å². The highest BCUT2D eigenvalue weighted by Gasteiger charge is 2.21. The second-order valence-corrected chi connectivity index (χ2v) is 7.85. The monoisotopic (exact) mass is 370 g/mol. The van der Waals surface area contributed by atoms with E-state index in [1.165, 1.54) is 38.6 Å². The zero-order valence-electron chi connectivity index (χ0n) is 16.0. The molecule has 4 rings (SSSR count). The highest BCUT2D eigenvalue weighted by Crippen LogP contribution is 2.24. The molecular formula is C20H30N6O. The van der Waals surface area contributed by atoms with E-state index < -0.39 is 0 Å². The zero-order valence-corrected chi connectivity index (χ0v) is 16.0. The molecule has 0 aromatic carbocycles. The molecule has 0 N–H and O–H groups in total. The van der Waals surface area contributed by atoms with Crippen molar-refractivity contribution in [1.82, 2.24) is 29.4 Å². The standard InChI is InChI=1S/C20H30N6O/c27-20-8-7-19(25-10-4-9-21-25)22-26(20)16-15-23-11-13-24(14-12-23)17-18-5-2-1-3-6-18/h4,7-10,18H,1-3,5-6,11-17H2. The molecule has 3 heterocycles. The molecule has 7 nitrogen and oxygen atoms in total. The van der Waals surface area contributed by atoms with Gasteiger partial charge in [-0.15, -0.1) is 5.10 Å². The van der Waals surface area contributed by atoms with Crippen molar-refractivity contribution in [3.63, 3.8) is 0 Å². The summed E-state index contributed by atoms with van der Waals surface area (Å²) in [5.41, 5.74) is -0.0539. The van der Waals surface area contributed by atoms with E-state index in [0.29, 0.717) is 12.4 Å². The lowest BCUT2D eigenvalue weighted by Crippen LogP contribution is -2.48. The fourth-order valence-corrected chi connectivity index (χ4v) is 4.29. The lowest BCUT2D eigenvalue weighted by Gasteiger charge is -2.37. The molecule has 0 bridgehead atoms. The van der Waals surface area contributed by atoms with Crippen LogP contribution in [-0.4, -0.2) is 68.6 Å². The fourth-order valence-electron chi connectivity index (χ4n) is 4.29. The number of hydrogen-bond acceptors (Lipinski definition) is 5. The maximum atomic E-state index is 12.1. The van der Waals surface area contributed by atoms with Gasteiger partial charge in [0.05, 0.1) is 6.54 Å². The first kappa shape index (κ1) is 18.4. The van der Waals surface area contributed by atoms with Crippen LogP contribution in [0.15, 0.2) is 35.4 Å². The first-order chi connectivity index (χ1) is 13.3. The molecule has 146 valence electrons. The topological polar surface area (TPSA) is 59.2 Å². The molecule has 2 fully saturated rings. The van der Waals surface area contributed by atoms with Crippen molar-refractivity contribution in [2.75, 3.05) is 39.3 Å². The van der Waals surface area contributed by atoms with Crippen molar-refractivity contribution < 1.29 is 0 Å². The van der Waals surface area contributed by atoms with Crippen LogP contribution >= 0.6 is 0 Å². The normalized spacial score (nSPS) is 20.1. The third-order valence-corrected chi connectivity index (χ3v) is 5.93. The summed E-state index contributed by atoms with van der Waals surface area (Å²) in [6.45, 7) is 7.23. The molecule has 0 atom stereocenters. The third kappa shape index (κ3) is 4.84. The second kappa shape index (κ2) is 8.80. The zero-order chi connectivity index (χ0) is 18.5. The summed E-state index contributed by atoms with van der Waals surface area (Å²) >= 11 is 0. The van der Waals surface area contributed by atoms with Crippen LogP contribution in [0.3, 0.4) is 0 Å². The van der Waals surface area contributed by atoms with E-state index in [0.717, 1.165) is 38.6 Å². The summed E-state index contributed by atoms with van der Waals surface area (Å²) in [5, 5.41) is 8.65. The van der Waals surface area contributed by atoms with Crippen LogP contribution in [0.5, 0.6) is 0 Å². The molecule has 27 heavy (non-hydrogen) atoms. The first-order valence-electron chi connectivity index (χ1n) is 10.3. The Kier molecular flexibility index (Phi) is 5.99. The highest BCUT2D eigenvalue weighted by atomic mass is 16.1. The van der Waals surface area contributed by atoms with Gasteiger partial charge in [0, 0.05) is 57.7 Å². The first-order valence-corrected chi connectivity index (χ1v) is 10.3. The molecule has 0 radical (unpaired) electrons. The molecule has 1 saturated heterocycles. The Morgan fingerprint density at radius 2 is 1.74 bits per heavy atom. The number of nitrogens with zero attached hydrogens (tertiary/aromatic N) is 6. The van der Waals surface area contributed by atoms with Crippen LogP contribution in [0, 0.1) is 5.92 Å². The lowest BCUT2D eigenvalue weighted by atomic mass is 9.89. The predicted octanol–water partition coefficient (Wildman–Crippen LogP) is 1.63. The van der Waals surface area contributed by atoms with Gasteiger partial charge in [0.1, 0.15) is 0 Å². The van der Waals surface area contributed by atoms with Gasteiger partial charge in [0.2, 0.25) is 0 Å². The maximum absolute atomic E-state index is 12.1. The second-order valence-electron chi connectivity index (χ2n) is 7.85. The Labute approximate surface area is 160 Å². The minimum absolute atomic E-state index is 0.0539. The van der Waals surface area contributed by atoms with Gasteiger partial charge < -0.3 is 4.90 Å². The minimum atomic E-state index is -0.0539. The molecule has 1 aliphatic carbocycles. The molecule has 1 aliphatic heterocycles. The average molecular weight is 371 g/mol. The summed E-state index contributed by atoms with van der Waals surface area (Å²) in [5.74, 6) is 1.59. The van der Waals surface area contributed by atoms with Crippen molar-refractivity contribution >= 4 is 0 Å². The van der Waals surface area contributed by atoms with Crippen LogP contribution in [0.1, 0.15) is 32.1 Å². The van der Waals surface area contributed by atoms with E-state index in [-0.39, 0.29) is 5.56 Å². The van der Waals surface area contributed by atoms with Gasteiger partial charge in [-0.3, -0.25) is 9.69 Å². The SMILES string of the molecule is O=c1ccc(-n2cccn2)nn1CCN1CCN(CC2CCCCC2)CC1. The Bertz CT molecular complexity index is 757.